The van der Waals surface area contributed by atoms with Crippen LogP contribution in [0.5, 0.6) is 0 Å². The smallest absolute Gasteiger partial charge is 0.272 e. The fourth-order valence-corrected chi connectivity index (χ4v) is 2.07. The summed E-state index contributed by atoms with van der Waals surface area (Å²) in [6.07, 6.45) is 0. The van der Waals surface area contributed by atoms with Crippen LogP contribution in [0, 0.1) is 0 Å². The van der Waals surface area contributed by atoms with E-state index >= 15 is 0 Å². The maximum atomic E-state index is 11.3. The van der Waals surface area contributed by atoms with E-state index < -0.39 is 17.3 Å². The first-order valence-corrected chi connectivity index (χ1v) is 5.72. The number of thioether (sulfide) groups is 1. The van der Waals surface area contributed by atoms with Crippen molar-refractivity contribution in [2.24, 2.45) is 10.2 Å². The van der Waals surface area contributed by atoms with Gasteiger partial charge in [-0.1, -0.05) is 35.4 Å². The predicted molar refractivity (Wildman–Crippen MR) is 59.9 cm³/mol. The van der Waals surface area contributed by atoms with Gasteiger partial charge in [-0.2, -0.15) is 5.11 Å². The molecule has 16 heavy (non-hydrogen) atoms. The Bertz CT molecular complexity index is 433. The topological polar surface area (TPSA) is 70.9 Å². The number of urea groups is 1. The number of hydrogen-bond donors (Lipinski definition) is 1. The van der Waals surface area contributed by atoms with Gasteiger partial charge in [0.2, 0.25) is 0 Å². The van der Waals surface area contributed by atoms with Crippen molar-refractivity contribution in [1.82, 2.24) is 5.32 Å². The molecule has 0 radical (unpaired) electrons. The molecule has 1 unspecified atom stereocenters. The van der Waals surface area contributed by atoms with E-state index in [1.54, 1.807) is 0 Å². The van der Waals surface area contributed by atoms with Crippen LogP contribution in [0.4, 0.5) is 4.79 Å². The lowest BCUT2D eigenvalue weighted by molar-refractivity contribution is -0.119. The Labute approximate surface area is 96.3 Å². The molecule has 6 heteroatoms. The molecule has 0 saturated heterocycles. The van der Waals surface area contributed by atoms with E-state index in [1.807, 2.05) is 30.3 Å². The molecule has 3 amide bonds. The van der Waals surface area contributed by atoms with Gasteiger partial charge in [-0.3, -0.25) is 10.1 Å². The second kappa shape index (κ2) is 4.89. The van der Waals surface area contributed by atoms with Gasteiger partial charge in [-0.25, -0.2) is 4.79 Å². The Hall–Kier alpha value is -1.69. The molecule has 0 aliphatic carbocycles. The number of amides is 3. The van der Waals surface area contributed by atoms with Crippen LogP contribution in [0.3, 0.4) is 0 Å². The number of rotatable bonds is 3. The maximum Gasteiger partial charge on any atom is 0.366 e. The van der Waals surface area contributed by atoms with E-state index in [2.05, 4.69) is 15.5 Å². The van der Waals surface area contributed by atoms with Gasteiger partial charge in [0.15, 0.2) is 5.37 Å². The minimum absolute atomic E-state index is 0.402. The quantitative estimate of drug-likeness (QED) is 0.870. The molecule has 0 bridgehead atoms. The van der Waals surface area contributed by atoms with E-state index in [4.69, 9.17) is 0 Å². The van der Waals surface area contributed by atoms with Crippen molar-refractivity contribution in [1.29, 1.82) is 0 Å². The fraction of sp³-hybridized carbons (Fsp3) is 0.200. The van der Waals surface area contributed by atoms with Crippen LogP contribution in [0.25, 0.3) is 0 Å². The highest BCUT2D eigenvalue weighted by molar-refractivity contribution is 7.99. The third-order valence-electron chi connectivity index (χ3n) is 1.96. The summed E-state index contributed by atoms with van der Waals surface area (Å²) in [5.41, 5.74) is 1.10. The standard InChI is InChI=1S/C10H9N3O2S/c14-8-9(12-13-10(15)11-8)16-6-7-4-2-1-3-5-7/h1-5,9H,6H2,(H,11,14,15). The Morgan fingerprint density at radius 2 is 2.00 bits per heavy atom. The van der Waals surface area contributed by atoms with Crippen molar-refractivity contribution in [3.63, 3.8) is 0 Å². The zero-order valence-corrected chi connectivity index (χ0v) is 9.11. The fourth-order valence-electron chi connectivity index (χ4n) is 1.21. The molecular weight excluding hydrogens is 226 g/mol. The molecule has 1 atom stereocenters. The first-order valence-electron chi connectivity index (χ1n) is 4.67. The molecule has 0 saturated carbocycles. The SMILES string of the molecule is O=C1N=NC(SCc2ccccc2)C(=O)N1. The summed E-state index contributed by atoms with van der Waals surface area (Å²) in [5, 5.41) is 8.42. The predicted octanol–water partition coefficient (Wildman–Crippen LogP) is 1.95. The summed E-state index contributed by atoms with van der Waals surface area (Å²) in [7, 11) is 0. The van der Waals surface area contributed by atoms with Crippen molar-refractivity contribution in [2.45, 2.75) is 11.1 Å². The monoisotopic (exact) mass is 235 g/mol. The van der Waals surface area contributed by atoms with Gasteiger partial charge >= 0.3 is 6.03 Å². The number of carbonyl (C=O) groups is 2. The zero-order chi connectivity index (χ0) is 11.4. The van der Waals surface area contributed by atoms with E-state index in [0.29, 0.717) is 5.75 Å². The lowest BCUT2D eigenvalue weighted by Gasteiger charge is -2.12. The lowest BCUT2D eigenvalue weighted by atomic mass is 10.2. The molecule has 5 nitrogen and oxygen atoms in total. The summed E-state index contributed by atoms with van der Waals surface area (Å²) in [6.45, 7) is 0. The molecule has 1 aromatic rings. The van der Waals surface area contributed by atoms with E-state index in [1.165, 1.54) is 11.8 Å². The third-order valence-corrected chi connectivity index (χ3v) is 3.08. The minimum atomic E-state index is -0.693. The van der Waals surface area contributed by atoms with Gasteiger partial charge in [0.05, 0.1) is 0 Å². The summed E-state index contributed by atoms with van der Waals surface area (Å²) >= 11 is 1.34. The number of nitrogens with zero attached hydrogens (tertiary/aromatic N) is 2. The van der Waals surface area contributed by atoms with Crippen LogP contribution in [0.1, 0.15) is 5.56 Å². The van der Waals surface area contributed by atoms with Crippen LogP contribution in [0.2, 0.25) is 0 Å². The van der Waals surface area contributed by atoms with Crippen molar-refractivity contribution in [2.75, 3.05) is 0 Å². The minimum Gasteiger partial charge on any atom is -0.272 e. The average Bonchev–Trinajstić information content (AvgIpc) is 2.29. The summed E-state index contributed by atoms with van der Waals surface area (Å²) in [6, 6.07) is 9.04. The van der Waals surface area contributed by atoms with Crippen molar-refractivity contribution < 1.29 is 9.59 Å². The molecule has 0 spiro atoms. The number of imide groups is 1. The molecule has 0 aromatic heterocycles. The van der Waals surface area contributed by atoms with E-state index in [9.17, 15) is 9.59 Å². The number of carbonyl (C=O) groups excluding carboxylic acids is 2. The first-order chi connectivity index (χ1) is 7.75. The molecule has 0 fully saturated rings. The van der Waals surface area contributed by atoms with Gasteiger partial charge < -0.3 is 0 Å². The lowest BCUT2D eigenvalue weighted by Crippen LogP contribution is -2.38. The van der Waals surface area contributed by atoms with Gasteiger partial charge in [-0.05, 0) is 5.56 Å². The maximum absolute atomic E-state index is 11.3. The molecule has 1 aromatic carbocycles. The Morgan fingerprint density at radius 1 is 1.25 bits per heavy atom. The number of benzene rings is 1. The second-order valence-electron chi connectivity index (χ2n) is 3.16. The highest BCUT2D eigenvalue weighted by Gasteiger charge is 2.24. The van der Waals surface area contributed by atoms with Crippen LogP contribution in [-0.2, 0) is 10.5 Å². The van der Waals surface area contributed by atoms with Gasteiger partial charge in [0, 0.05) is 5.75 Å². The molecule has 82 valence electrons. The molecular formula is C10H9N3O2S. The average molecular weight is 235 g/mol. The zero-order valence-electron chi connectivity index (χ0n) is 8.29. The number of nitrogens with one attached hydrogen (secondary N) is 1. The molecule has 2 rings (SSSR count). The van der Waals surface area contributed by atoms with Gasteiger partial charge in [0.25, 0.3) is 5.91 Å². The van der Waals surface area contributed by atoms with Crippen LogP contribution in [0.15, 0.2) is 40.6 Å². The largest absolute Gasteiger partial charge is 0.366 e. The molecule has 1 aliphatic rings. The van der Waals surface area contributed by atoms with Crippen LogP contribution >= 0.6 is 11.8 Å². The molecule has 1 N–H and O–H groups in total. The van der Waals surface area contributed by atoms with E-state index in [-0.39, 0.29) is 0 Å². The molecule has 1 aliphatic heterocycles. The second-order valence-corrected chi connectivity index (χ2v) is 4.23. The number of hydrogen-bond acceptors (Lipinski definition) is 4. The third kappa shape index (κ3) is 2.66. The first kappa shape index (κ1) is 10.8. The Kier molecular flexibility index (Phi) is 3.31. The Balaban J connectivity index is 1.94. The van der Waals surface area contributed by atoms with Gasteiger partial charge in [-0.15, -0.1) is 11.8 Å². The summed E-state index contributed by atoms with van der Waals surface area (Å²) in [4.78, 5) is 22.0. The summed E-state index contributed by atoms with van der Waals surface area (Å²) in [5.74, 6) is 0.257. The van der Waals surface area contributed by atoms with Crippen molar-refractivity contribution in [3.8, 4) is 0 Å². The van der Waals surface area contributed by atoms with Crippen LogP contribution < -0.4 is 5.32 Å². The van der Waals surface area contributed by atoms with Gasteiger partial charge in [0.1, 0.15) is 0 Å². The van der Waals surface area contributed by atoms with Crippen LogP contribution in [-0.4, -0.2) is 17.3 Å². The van der Waals surface area contributed by atoms with Crippen molar-refractivity contribution >= 4 is 23.7 Å². The number of azo groups is 1. The van der Waals surface area contributed by atoms with Crippen molar-refractivity contribution in [3.05, 3.63) is 35.9 Å². The highest BCUT2D eigenvalue weighted by Crippen LogP contribution is 2.20. The summed E-state index contributed by atoms with van der Waals surface area (Å²) < 4.78 is 0. The highest BCUT2D eigenvalue weighted by atomic mass is 32.2. The molecule has 1 heterocycles. The van der Waals surface area contributed by atoms with E-state index in [0.717, 1.165) is 5.56 Å². The Morgan fingerprint density at radius 3 is 2.69 bits per heavy atom. The normalized spacial score (nSPS) is 19.6.